The van der Waals surface area contributed by atoms with Gasteiger partial charge in [0.15, 0.2) is 3.92 Å². The van der Waals surface area contributed by atoms with E-state index in [1.54, 1.807) is 0 Å². The zero-order valence-corrected chi connectivity index (χ0v) is 6.37. The van der Waals surface area contributed by atoms with Gasteiger partial charge in [0.2, 0.25) is 0 Å². The molecule has 2 N–H and O–H groups in total. The summed E-state index contributed by atoms with van der Waals surface area (Å²) >= 11 is 4.62. The second-order valence-corrected chi connectivity index (χ2v) is 3.49. The SMILES string of the molecule is NCc1nnc(Br)s1. The smallest absolute Gasteiger partial charge is 0.183 e. The van der Waals surface area contributed by atoms with Crippen molar-refractivity contribution in [2.24, 2.45) is 5.73 Å². The van der Waals surface area contributed by atoms with Gasteiger partial charge in [-0.05, 0) is 15.9 Å². The van der Waals surface area contributed by atoms with E-state index < -0.39 is 0 Å². The predicted molar refractivity (Wildman–Crippen MR) is 35.5 cm³/mol. The molecule has 8 heavy (non-hydrogen) atoms. The van der Waals surface area contributed by atoms with Crippen molar-refractivity contribution in [1.82, 2.24) is 10.2 Å². The standard InChI is InChI=1S/C3H4BrN3S/c4-3-7-6-2(1-5)8-3/h1,5H2. The maximum absolute atomic E-state index is 5.25. The van der Waals surface area contributed by atoms with Crippen LogP contribution in [0.2, 0.25) is 0 Å². The summed E-state index contributed by atoms with van der Waals surface area (Å²) in [7, 11) is 0. The Morgan fingerprint density at radius 3 is 2.62 bits per heavy atom. The summed E-state index contributed by atoms with van der Waals surface area (Å²) in [5.74, 6) is 0. The summed E-state index contributed by atoms with van der Waals surface area (Å²) in [5.41, 5.74) is 5.25. The van der Waals surface area contributed by atoms with Crippen LogP contribution in [0.5, 0.6) is 0 Å². The summed E-state index contributed by atoms with van der Waals surface area (Å²) in [6, 6.07) is 0. The molecular weight excluding hydrogens is 190 g/mol. The van der Waals surface area contributed by atoms with E-state index in [1.807, 2.05) is 0 Å². The molecule has 1 rings (SSSR count). The van der Waals surface area contributed by atoms with E-state index in [0.29, 0.717) is 6.54 Å². The Bertz CT molecular complexity index is 175. The molecule has 0 aliphatic rings. The molecule has 0 aliphatic heterocycles. The highest BCUT2D eigenvalue weighted by atomic mass is 79.9. The molecule has 0 atom stereocenters. The minimum absolute atomic E-state index is 0.475. The quantitative estimate of drug-likeness (QED) is 0.717. The van der Waals surface area contributed by atoms with E-state index in [0.717, 1.165) is 8.92 Å². The van der Waals surface area contributed by atoms with Crippen LogP contribution in [0.3, 0.4) is 0 Å². The highest BCUT2D eigenvalue weighted by Crippen LogP contribution is 2.14. The number of halogens is 1. The molecule has 0 fully saturated rings. The zero-order chi connectivity index (χ0) is 5.98. The van der Waals surface area contributed by atoms with E-state index in [4.69, 9.17) is 5.73 Å². The first-order valence-corrected chi connectivity index (χ1v) is 3.62. The molecular formula is C3H4BrN3S. The Balaban J connectivity index is 2.84. The lowest BCUT2D eigenvalue weighted by molar-refractivity contribution is 0.951. The normalized spacial score (nSPS) is 9.75. The van der Waals surface area contributed by atoms with Gasteiger partial charge in [0.1, 0.15) is 5.01 Å². The third-order valence-electron chi connectivity index (χ3n) is 0.617. The summed E-state index contributed by atoms with van der Waals surface area (Å²) in [6.45, 7) is 0.475. The average molecular weight is 194 g/mol. The minimum atomic E-state index is 0.475. The summed E-state index contributed by atoms with van der Waals surface area (Å²) in [5, 5.41) is 8.28. The Morgan fingerprint density at radius 2 is 2.38 bits per heavy atom. The first-order chi connectivity index (χ1) is 3.83. The fourth-order valence-corrected chi connectivity index (χ4v) is 1.40. The van der Waals surface area contributed by atoms with Gasteiger partial charge in [-0.3, -0.25) is 0 Å². The second-order valence-electron chi connectivity index (χ2n) is 1.15. The molecule has 0 aromatic carbocycles. The molecule has 0 aliphatic carbocycles. The maximum atomic E-state index is 5.25. The van der Waals surface area contributed by atoms with E-state index in [9.17, 15) is 0 Å². The number of hydrogen-bond acceptors (Lipinski definition) is 4. The van der Waals surface area contributed by atoms with Crippen LogP contribution in [0.4, 0.5) is 0 Å². The number of hydrogen-bond donors (Lipinski definition) is 1. The number of nitrogens with two attached hydrogens (primary N) is 1. The van der Waals surface area contributed by atoms with Gasteiger partial charge in [0.25, 0.3) is 0 Å². The molecule has 0 spiro atoms. The third kappa shape index (κ3) is 1.24. The second kappa shape index (κ2) is 2.52. The molecule has 0 saturated heterocycles. The van der Waals surface area contributed by atoms with E-state index >= 15 is 0 Å². The first-order valence-electron chi connectivity index (χ1n) is 2.01. The van der Waals surface area contributed by atoms with Gasteiger partial charge in [-0.15, -0.1) is 10.2 Å². The molecule has 1 heterocycles. The van der Waals surface area contributed by atoms with Gasteiger partial charge in [0, 0.05) is 6.54 Å². The Hall–Kier alpha value is -0.0000000000000000833. The van der Waals surface area contributed by atoms with Crippen LogP contribution in [0.25, 0.3) is 0 Å². The maximum Gasteiger partial charge on any atom is 0.183 e. The van der Waals surface area contributed by atoms with Crippen molar-refractivity contribution < 1.29 is 0 Å². The number of nitrogens with zero attached hydrogens (tertiary/aromatic N) is 2. The van der Waals surface area contributed by atoms with Crippen molar-refractivity contribution in [2.75, 3.05) is 0 Å². The third-order valence-corrected chi connectivity index (χ3v) is 2.00. The highest BCUT2D eigenvalue weighted by Gasteiger charge is 1.95. The van der Waals surface area contributed by atoms with Crippen molar-refractivity contribution in [3.8, 4) is 0 Å². The molecule has 0 amide bonds. The van der Waals surface area contributed by atoms with Crippen molar-refractivity contribution in [3.63, 3.8) is 0 Å². The lowest BCUT2D eigenvalue weighted by Crippen LogP contribution is -1.94. The van der Waals surface area contributed by atoms with Gasteiger partial charge in [-0.1, -0.05) is 11.3 Å². The average Bonchev–Trinajstić information content (AvgIpc) is 2.14. The van der Waals surface area contributed by atoms with Gasteiger partial charge < -0.3 is 5.73 Å². The minimum Gasteiger partial charge on any atom is -0.324 e. The van der Waals surface area contributed by atoms with Crippen LogP contribution in [0.1, 0.15) is 5.01 Å². The van der Waals surface area contributed by atoms with Gasteiger partial charge >= 0.3 is 0 Å². The molecule has 0 unspecified atom stereocenters. The molecule has 3 nitrogen and oxygen atoms in total. The Kier molecular flexibility index (Phi) is 1.93. The summed E-state index contributed by atoms with van der Waals surface area (Å²) < 4.78 is 0.790. The molecule has 44 valence electrons. The van der Waals surface area contributed by atoms with E-state index in [1.165, 1.54) is 11.3 Å². The van der Waals surface area contributed by atoms with Crippen molar-refractivity contribution >= 4 is 27.3 Å². The lowest BCUT2D eigenvalue weighted by Gasteiger charge is -1.76. The summed E-state index contributed by atoms with van der Waals surface area (Å²) in [6.07, 6.45) is 0. The van der Waals surface area contributed by atoms with Crippen molar-refractivity contribution in [1.29, 1.82) is 0 Å². The Labute approximate surface area is 59.1 Å². The van der Waals surface area contributed by atoms with Crippen LogP contribution in [-0.4, -0.2) is 10.2 Å². The molecule has 1 aromatic rings. The highest BCUT2D eigenvalue weighted by molar-refractivity contribution is 9.11. The van der Waals surface area contributed by atoms with Gasteiger partial charge in [-0.25, -0.2) is 0 Å². The van der Waals surface area contributed by atoms with Gasteiger partial charge in [0.05, 0.1) is 0 Å². The molecule has 0 saturated carbocycles. The summed E-state index contributed by atoms with van der Waals surface area (Å²) in [4.78, 5) is 0. The van der Waals surface area contributed by atoms with Crippen LogP contribution in [0, 0.1) is 0 Å². The largest absolute Gasteiger partial charge is 0.324 e. The molecule has 1 aromatic heterocycles. The Morgan fingerprint density at radius 1 is 1.62 bits per heavy atom. The molecule has 5 heteroatoms. The fourth-order valence-electron chi connectivity index (χ4n) is 0.316. The van der Waals surface area contributed by atoms with Crippen LogP contribution in [0.15, 0.2) is 3.92 Å². The molecule has 0 radical (unpaired) electrons. The van der Waals surface area contributed by atoms with Crippen LogP contribution < -0.4 is 5.73 Å². The van der Waals surface area contributed by atoms with E-state index in [-0.39, 0.29) is 0 Å². The predicted octanol–water partition coefficient (Wildman–Crippen LogP) is 0.759. The monoisotopic (exact) mass is 193 g/mol. The fraction of sp³-hybridized carbons (Fsp3) is 0.333. The van der Waals surface area contributed by atoms with Crippen molar-refractivity contribution in [3.05, 3.63) is 8.92 Å². The zero-order valence-electron chi connectivity index (χ0n) is 3.97. The number of aromatic nitrogens is 2. The molecule has 0 bridgehead atoms. The lowest BCUT2D eigenvalue weighted by atomic mass is 10.7. The van der Waals surface area contributed by atoms with Gasteiger partial charge in [-0.2, -0.15) is 0 Å². The number of rotatable bonds is 1. The van der Waals surface area contributed by atoms with Crippen LogP contribution >= 0.6 is 27.3 Å². The van der Waals surface area contributed by atoms with Crippen molar-refractivity contribution in [2.45, 2.75) is 6.54 Å². The van der Waals surface area contributed by atoms with E-state index in [2.05, 4.69) is 26.1 Å². The topological polar surface area (TPSA) is 51.8 Å². The first kappa shape index (κ1) is 6.12. The van der Waals surface area contributed by atoms with Crippen LogP contribution in [-0.2, 0) is 6.54 Å².